The average Bonchev–Trinajstić information content (AvgIpc) is 2.84. The van der Waals surface area contributed by atoms with Crippen LogP contribution >= 0.6 is 11.3 Å². The molecule has 0 aliphatic carbocycles. The van der Waals surface area contributed by atoms with E-state index in [2.05, 4.69) is 23.7 Å². The Morgan fingerprint density at radius 3 is 2.59 bits per heavy atom. The summed E-state index contributed by atoms with van der Waals surface area (Å²) < 4.78 is 5.16. The molecule has 17 heavy (non-hydrogen) atoms. The van der Waals surface area contributed by atoms with Gasteiger partial charge in [-0.3, -0.25) is 0 Å². The fourth-order valence-electron chi connectivity index (χ4n) is 2.20. The summed E-state index contributed by atoms with van der Waals surface area (Å²) >= 11 is 1.71. The van der Waals surface area contributed by atoms with E-state index in [0.717, 1.165) is 40.6 Å². The fraction of sp³-hybridized carbons (Fsp3) is 0.750. The molecule has 1 aliphatic rings. The van der Waals surface area contributed by atoms with Crippen molar-refractivity contribution in [2.45, 2.75) is 27.0 Å². The summed E-state index contributed by atoms with van der Waals surface area (Å²) in [7, 11) is 1.69. The van der Waals surface area contributed by atoms with Crippen molar-refractivity contribution < 1.29 is 4.74 Å². The Bertz CT molecular complexity index is 370. The molecule has 2 N–H and O–H groups in total. The van der Waals surface area contributed by atoms with Crippen LogP contribution in [-0.4, -0.2) is 25.2 Å². The minimum Gasteiger partial charge on any atom is -0.378 e. The molecule has 2 heterocycles. The molecule has 0 spiro atoms. The highest BCUT2D eigenvalue weighted by molar-refractivity contribution is 7.15. The van der Waals surface area contributed by atoms with Gasteiger partial charge in [0.1, 0.15) is 0 Å². The lowest BCUT2D eigenvalue weighted by atomic mass is 10.0. The summed E-state index contributed by atoms with van der Waals surface area (Å²) in [5.41, 5.74) is 6.75. The van der Waals surface area contributed by atoms with E-state index in [1.54, 1.807) is 18.4 Å². The Labute approximate surface area is 107 Å². The average molecular weight is 255 g/mol. The van der Waals surface area contributed by atoms with Crippen molar-refractivity contribution >= 4 is 16.5 Å². The molecule has 1 aromatic rings. The van der Waals surface area contributed by atoms with E-state index in [9.17, 15) is 0 Å². The minimum absolute atomic E-state index is 0.551. The highest BCUT2D eigenvalue weighted by atomic mass is 32.1. The number of nitrogens with zero attached hydrogens (tertiary/aromatic N) is 2. The van der Waals surface area contributed by atoms with E-state index in [4.69, 9.17) is 10.5 Å². The van der Waals surface area contributed by atoms with Gasteiger partial charge in [0.15, 0.2) is 5.13 Å². The maximum atomic E-state index is 5.74. The molecule has 1 fully saturated rings. The van der Waals surface area contributed by atoms with Gasteiger partial charge >= 0.3 is 0 Å². The van der Waals surface area contributed by atoms with Gasteiger partial charge in [-0.1, -0.05) is 13.8 Å². The van der Waals surface area contributed by atoms with Crippen LogP contribution in [0.5, 0.6) is 0 Å². The van der Waals surface area contributed by atoms with Gasteiger partial charge in [-0.2, -0.15) is 0 Å². The van der Waals surface area contributed by atoms with Crippen molar-refractivity contribution in [2.24, 2.45) is 17.6 Å². The molecule has 1 aromatic heterocycles. The first-order valence-electron chi connectivity index (χ1n) is 6.08. The summed E-state index contributed by atoms with van der Waals surface area (Å²) in [6, 6.07) is 0. The van der Waals surface area contributed by atoms with E-state index in [1.807, 2.05) is 0 Å². The Morgan fingerprint density at radius 1 is 1.41 bits per heavy atom. The van der Waals surface area contributed by atoms with Crippen molar-refractivity contribution in [1.82, 2.24) is 4.98 Å². The van der Waals surface area contributed by atoms with E-state index in [1.165, 1.54) is 0 Å². The zero-order valence-electron chi connectivity index (χ0n) is 10.8. The number of thiazole rings is 1. The van der Waals surface area contributed by atoms with Crippen molar-refractivity contribution in [1.29, 1.82) is 0 Å². The summed E-state index contributed by atoms with van der Waals surface area (Å²) in [5.74, 6) is 1.48. The van der Waals surface area contributed by atoms with Gasteiger partial charge in [0.2, 0.25) is 0 Å². The number of hydrogen-bond acceptors (Lipinski definition) is 5. The minimum atomic E-state index is 0.551. The molecule has 0 aromatic carbocycles. The third kappa shape index (κ3) is 2.61. The van der Waals surface area contributed by atoms with Crippen molar-refractivity contribution in [3.8, 4) is 0 Å². The van der Waals surface area contributed by atoms with Gasteiger partial charge in [0.25, 0.3) is 0 Å². The molecular formula is C12H21N3OS. The van der Waals surface area contributed by atoms with Crippen LogP contribution in [0.3, 0.4) is 0 Å². The third-order valence-electron chi connectivity index (χ3n) is 3.49. The van der Waals surface area contributed by atoms with Crippen LogP contribution in [0, 0.1) is 11.8 Å². The standard InChI is InChI=1S/C12H21N3OS/c1-8-5-15(6-9(8)2)12-14-10(7-16-3)11(4-13)17-12/h8-9H,4-7,13H2,1-3H3. The van der Waals surface area contributed by atoms with E-state index < -0.39 is 0 Å². The molecule has 0 amide bonds. The van der Waals surface area contributed by atoms with Gasteiger partial charge in [0, 0.05) is 31.6 Å². The lowest BCUT2D eigenvalue weighted by Gasteiger charge is -2.13. The second-order valence-electron chi connectivity index (χ2n) is 4.86. The molecule has 96 valence electrons. The molecule has 0 radical (unpaired) electrons. The number of hydrogen-bond donors (Lipinski definition) is 1. The van der Waals surface area contributed by atoms with Crippen LogP contribution in [-0.2, 0) is 17.9 Å². The first kappa shape index (κ1) is 12.8. The zero-order valence-corrected chi connectivity index (χ0v) is 11.6. The van der Waals surface area contributed by atoms with Crippen LogP contribution in [0.15, 0.2) is 0 Å². The number of ether oxygens (including phenoxy) is 1. The lowest BCUT2D eigenvalue weighted by molar-refractivity contribution is 0.181. The third-order valence-corrected chi connectivity index (χ3v) is 4.67. The normalized spacial score (nSPS) is 24.6. The first-order valence-corrected chi connectivity index (χ1v) is 6.89. The van der Waals surface area contributed by atoms with Crippen LogP contribution in [0.1, 0.15) is 24.4 Å². The smallest absolute Gasteiger partial charge is 0.185 e. The molecule has 4 nitrogen and oxygen atoms in total. The molecule has 2 atom stereocenters. The molecule has 2 unspecified atom stereocenters. The summed E-state index contributed by atoms with van der Waals surface area (Å²) in [5, 5.41) is 1.11. The highest BCUT2D eigenvalue weighted by Gasteiger charge is 2.28. The largest absolute Gasteiger partial charge is 0.378 e. The number of aromatic nitrogens is 1. The molecule has 1 saturated heterocycles. The lowest BCUT2D eigenvalue weighted by Crippen LogP contribution is -2.19. The SMILES string of the molecule is COCc1nc(N2CC(C)C(C)C2)sc1CN. The summed E-state index contributed by atoms with van der Waals surface area (Å²) in [4.78, 5) is 8.18. The fourth-order valence-corrected chi connectivity index (χ4v) is 3.16. The monoisotopic (exact) mass is 255 g/mol. The number of rotatable bonds is 4. The number of methoxy groups -OCH3 is 1. The second-order valence-corrected chi connectivity index (χ2v) is 5.93. The predicted molar refractivity (Wildman–Crippen MR) is 71.3 cm³/mol. The molecule has 2 rings (SSSR count). The maximum Gasteiger partial charge on any atom is 0.185 e. The van der Waals surface area contributed by atoms with E-state index in [0.29, 0.717) is 13.2 Å². The zero-order chi connectivity index (χ0) is 12.4. The Kier molecular flexibility index (Phi) is 4.01. The van der Waals surface area contributed by atoms with Crippen LogP contribution in [0.25, 0.3) is 0 Å². The van der Waals surface area contributed by atoms with Gasteiger partial charge in [0.05, 0.1) is 12.3 Å². The molecule has 0 saturated carbocycles. The Balaban J connectivity index is 2.16. The predicted octanol–water partition coefficient (Wildman–Crippen LogP) is 1.84. The summed E-state index contributed by atoms with van der Waals surface area (Å²) in [6.07, 6.45) is 0. The topological polar surface area (TPSA) is 51.4 Å². The highest BCUT2D eigenvalue weighted by Crippen LogP contribution is 2.32. The molecule has 5 heteroatoms. The van der Waals surface area contributed by atoms with Crippen LogP contribution in [0.4, 0.5) is 5.13 Å². The van der Waals surface area contributed by atoms with Crippen molar-refractivity contribution in [3.63, 3.8) is 0 Å². The van der Waals surface area contributed by atoms with Crippen LogP contribution in [0.2, 0.25) is 0 Å². The van der Waals surface area contributed by atoms with Crippen molar-refractivity contribution in [3.05, 3.63) is 10.6 Å². The number of nitrogens with two attached hydrogens (primary N) is 1. The summed E-state index contributed by atoms with van der Waals surface area (Å²) in [6.45, 7) is 7.92. The van der Waals surface area contributed by atoms with Gasteiger partial charge in [-0.05, 0) is 11.8 Å². The Morgan fingerprint density at radius 2 is 2.06 bits per heavy atom. The van der Waals surface area contributed by atoms with Gasteiger partial charge in [-0.15, -0.1) is 11.3 Å². The van der Waals surface area contributed by atoms with E-state index in [-0.39, 0.29) is 0 Å². The Hall–Kier alpha value is -0.650. The van der Waals surface area contributed by atoms with Gasteiger partial charge in [-0.25, -0.2) is 4.98 Å². The number of anilines is 1. The molecule has 0 bridgehead atoms. The van der Waals surface area contributed by atoms with E-state index >= 15 is 0 Å². The first-order chi connectivity index (χ1) is 8.15. The second kappa shape index (κ2) is 5.33. The maximum absolute atomic E-state index is 5.74. The quantitative estimate of drug-likeness (QED) is 0.892. The van der Waals surface area contributed by atoms with Crippen LogP contribution < -0.4 is 10.6 Å². The molecule has 1 aliphatic heterocycles. The van der Waals surface area contributed by atoms with Crippen molar-refractivity contribution in [2.75, 3.05) is 25.1 Å². The van der Waals surface area contributed by atoms with Gasteiger partial charge < -0.3 is 15.4 Å². The molecular weight excluding hydrogens is 234 g/mol.